The van der Waals surface area contributed by atoms with E-state index in [1.54, 1.807) is 0 Å². The minimum absolute atomic E-state index is 0.794. The lowest BCUT2D eigenvalue weighted by atomic mass is 10.4. The van der Waals surface area contributed by atoms with E-state index in [-0.39, 0.29) is 0 Å². The molecule has 0 fully saturated rings. The second kappa shape index (κ2) is 6.04. The standard InChI is InChI=1S/C6H5Cl.HNO2/c7-6-4-2-1-3-5-6;2-1-3/h1-5H;(H,2,3). The molecule has 3 nitrogen and oxygen atoms in total. The summed E-state index contributed by atoms with van der Waals surface area (Å²) in [5, 5.41) is 8.68. The van der Waals surface area contributed by atoms with E-state index < -0.39 is 0 Å². The first-order valence-electron chi connectivity index (χ1n) is 2.48. The van der Waals surface area contributed by atoms with Crippen molar-refractivity contribution < 1.29 is 5.21 Å². The Bertz CT molecular complexity index is 178. The number of benzene rings is 1. The molecule has 0 aliphatic rings. The number of nitrogens with zero attached hydrogens (tertiary/aromatic N) is 1. The van der Waals surface area contributed by atoms with Crippen molar-refractivity contribution in [1.29, 1.82) is 0 Å². The van der Waals surface area contributed by atoms with Crippen LogP contribution in [-0.4, -0.2) is 5.21 Å². The van der Waals surface area contributed by atoms with Crippen LogP contribution in [0.3, 0.4) is 0 Å². The van der Waals surface area contributed by atoms with Crippen LogP contribution >= 0.6 is 11.6 Å². The third-order valence-corrected chi connectivity index (χ3v) is 0.985. The van der Waals surface area contributed by atoms with Gasteiger partial charge in [0.2, 0.25) is 0 Å². The van der Waals surface area contributed by atoms with Gasteiger partial charge in [0.1, 0.15) is 0 Å². The van der Waals surface area contributed by atoms with E-state index in [9.17, 15) is 0 Å². The van der Waals surface area contributed by atoms with Gasteiger partial charge in [-0.15, -0.1) is 4.91 Å². The average Bonchev–Trinajstić information content (AvgIpc) is 1.91. The summed E-state index contributed by atoms with van der Waals surface area (Å²) < 4.78 is 0. The summed E-state index contributed by atoms with van der Waals surface area (Å²) in [5.41, 5.74) is 0. The predicted molar refractivity (Wildman–Crippen MR) is 39.0 cm³/mol. The van der Waals surface area contributed by atoms with Gasteiger partial charge in [-0.1, -0.05) is 29.8 Å². The van der Waals surface area contributed by atoms with Crippen LogP contribution in [-0.2, 0) is 0 Å². The third kappa shape index (κ3) is 5.05. The van der Waals surface area contributed by atoms with Crippen LogP contribution in [0.15, 0.2) is 35.7 Å². The van der Waals surface area contributed by atoms with Crippen molar-refractivity contribution in [2.45, 2.75) is 0 Å². The molecule has 0 radical (unpaired) electrons. The predicted octanol–water partition coefficient (Wildman–Crippen LogP) is 2.48. The lowest BCUT2D eigenvalue weighted by molar-refractivity contribution is 0.312. The van der Waals surface area contributed by atoms with Crippen molar-refractivity contribution in [3.63, 3.8) is 0 Å². The molecule has 4 heteroatoms. The molecule has 0 unspecified atom stereocenters. The Morgan fingerprint density at radius 2 is 1.70 bits per heavy atom. The minimum Gasteiger partial charge on any atom is -0.379 e. The topological polar surface area (TPSA) is 49.7 Å². The molecule has 1 rings (SSSR count). The van der Waals surface area contributed by atoms with Gasteiger partial charge in [-0.25, -0.2) is 0 Å². The third-order valence-electron chi connectivity index (χ3n) is 0.733. The molecule has 0 aliphatic carbocycles. The van der Waals surface area contributed by atoms with Crippen molar-refractivity contribution in [3.05, 3.63) is 40.3 Å². The van der Waals surface area contributed by atoms with Crippen molar-refractivity contribution >= 4 is 11.6 Å². The van der Waals surface area contributed by atoms with Gasteiger partial charge < -0.3 is 5.21 Å². The Hall–Kier alpha value is -1.09. The maximum atomic E-state index is 8.11. The average molecular weight is 160 g/mol. The zero-order chi connectivity index (χ0) is 7.82. The number of hydrogen-bond donors (Lipinski definition) is 1. The maximum absolute atomic E-state index is 8.11. The second-order valence-corrected chi connectivity index (χ2v) is 1.81. The lowest BCUT2D eigenvalue weighted by Crippen LogP contribution is -1.55. The Labute approximate surface area is 63.2 Å². The van der Waals surface area contributed by atoms with Crippen molar-refractivity contribution in [3.8, 4) is 0 Å². The van der Waals surface area contributed by atoms with Gasteiger partial charge in [-0.3, -0.25) is 0 Å². The molecule has 0 spiro atoms. The van der Waals surface area contributed by atoms with E-state index in [4.69, 9.17) is 21.7 Å². The fourth-order valence-corrected chi connectivity index (χ4v) is 0.560. The molecule has 0 aliphatic heterocycles. The monoisotopic (exact) mass is 159 g/mol. The molecule has 0 atom stereocenters. The lowest BCUT2D eigenvalue weighted by Gasteiger charge is -1.80. The van der Waals surface area contributed by atoms with E-state index in [1.807, 2.05) is 30.3 Å². The van der Waals surface area contributed by atoms with Crippen molar-refractivity contribution in [2.75, 3.05) is 0 Å². The molecule has 54 valence electrons. The number of hydrogen-bond acceptors (Lipinski definition) is 2. The zero-order valence-corrected chi connectivity index (χ0v) is 5.82. The van der Waals surface area contributed by atoms with E-state index in [0.717, 1.165) is 5.02 Å². The SMILES string of the molecule is Clc1ccccc1.O=NO. The highest BCUT2D eigenvalue weighted by Gasteiger charge is 1.74. The molecule has 1 aromatic carbocycles. The summed E-state index contributed by atoms with van der Waals surface area (Å²) in [5.74, 6) is 0. The van der Waals surface area contributed by atoms with Gasteiger partial charge in [0.15, 0.2) is 5.34 Å². The van der Waals surface area contributed by atoms with E-state index in [0.29, 0.717) is 0 Å². The van der Waals surface area contributed by atoms with Crippen LogP contribution in [0.1, 0.15) is 0 Å². The molecule has 0 bridgehead atoms. The normalized spacial score (nSPS) is 7.30. The highest BCUT2D eigenvalue weighted by atomic mass is 35.5. The Morgan fingerprint density at radius 3 is 1.90 bits per heavy atom. The summed E-state index contributed by atoms with van der Waals surface area (Å²) in [6, 6.07) is 9.44. The number of rotatable bonds is 0. The Balaban J connectivity index is 0.000000236. The van der Waals surface area contributed by atoms with Crippen LogP contribution < -0.4 is 0 Å². The van der Waals surface area contributed by atoms with Crippen molar-refractivity contribution in [2.24, 2.45) is 5.34 Å². The van der Waals surface area contributed by atoms with E-state index in [2.05, 4.69) is 0 Å². The first kappa shape index (κ1) is 8.91. The van der Waals surface area contributed by atoms with Crippen LogP contribution in [0.5, 0.6) is 0 Å². The van der Waals surface area contributed by atoms with Crippen LogP contribution in [0.2, 0.25) is 5.02 Å². The summed E-state index contributed by atoms with van der Waals surface area (Å²) in [6.07, 6.45) is 0. The molecule has 0 saturated heterocycles. The molecule has 0 saturated carbocycles. The minimum atomic E-state index is 0.794. The fourth-order valence-electron chi connectivity index (χ4n) is 0.415. The van der Waals surface area contributed by atoms with Gasteiger partial charge in [-0.05, 0) is 12.1 Å². The fraction of sp³-hybridized carbons (Fsp3) is 0. The molecule has 10 heavy (non-hydrogen) atoms. The van der Waals surface area contributed by atoms with Crippen LogP contribution in [0.25, 0.3) is 0 Å². The van der Waals surface area contributed by atoms with Gasteiger partial charge in [0.05, 0.1) is 0 Å². The smallest absolute Gasteiger partial charge is 0.152 e. The van der Waals surface area contributed by atoms with Gasteiger partial charge in [0.25, 0.3) is 0 Å². The zero-order valence-electron chi connectivity index (χ0n) is 5.07. The maximum Gasteiger partial charge on any atom is 0.152 e. The van der Waals surface area contributed by atoms with Crippen LogP contribution in [0, 0.1) is 4.91 Å². The van der Waals surface area contributed by atoms with Crippen LogP contribution in [0.4, 0.5) is 0 Å². The summed E-state index contributed by atoms with van der Waals surface area (Å²) in [7, 11) is 0. The number of halogens is 1. The highest BCUT2D eigenvalue weighted by Crippen LogP contribution is 2.03. The molecule has 0 heterocycles. The summed E-state index contributed by atoms with van der Waals surface area (Å²) >= 11 is 5.54. The first-order chi connectivity index (χ1) is 4.81. The van der Waals surface area contributed by atoms with Gasteiger partial charge >= 0.3 is 0 Å². The molecular weight excluding hydrogens is 154 g/mol. The molecule has 0 amide bonds. The molecule has 0 aromatic heterocycles. The second-order valence-electron chi connectivity index (χ2n) is 1.38. The first-order valence-corrected chi connectivity index (χ1v) is 2.86. The van der Waals surface area contributed by atoms with Gasteiger partial charge in [-0.2, -0.15) is 0 Å². The van der Waals surface area contributed by atoms with E-state index >= 15 is 0 Å². The largest absolute Gasteiger partial charge is 0.379 e. The van der Waals surface area contributed by atoms with E-state index in [1.165, 1.54) is 5.34 Å². The summed E-state index contributed by atoms with van der Waals surface area (Å²) in [4.78, 5) is 8.11. The highest BCUT2D eigenvalue weighted by molar-refractivity contribution is 6.30. The molecule has 1 aromatic rings. The van der Waals surface area contributed by atoms with Crippen molar-refractivity contribution in [1.82, 2.24) is 0 Å². The quantitative estimate of drug-likeness (QED) is 0.467. The molecular formula is C6H6ClNO2. The van der Waals surface area contributed by atoms with Gasteiger partial charge in [0, 0.05) is 5.02 Å². The molecule has 1 N–H and O–H groups in total. The summed E-state index contributed by atoms with van der Waals surface area (Å²) in [6.45, 7) is 0. The Kier molecular flexibility index (Phi) is 5.38. The Morgan fingerprint density at radius 1 is 1.30 bits per heavy atom.